The third-order valence-corrected chi connectivity index (χ3v) is 4.54. The van der Waals surface area contributed by atoms with Crippen LogP contribution in [-0.2, 0) is 4.79 Å². The summed E-state index contributed by atoms with van der Waals surface area (Å²) in [6.07, 6.45) is 1.43. The van der Waals surface area contributed by atoms with Crippen LogP contribution in [0.1, 0.15) is 24.8 Å². The van der Waals surface area contributed by atoms with E-state index in [1.807, 2.05) is 19.1 Å². The molecule has 0 aliphatic carbocycles. The number of rotatable bonds is 5. The summed E-state index contributed by atoms with van der Waals surface area (Å²) < 4.78 is 0. The van der Waals surface area contributed by atoms with Gasteiger partial charge in [-0.2, -0.15) is 5.26 Å². The van der Waals surface area contributed by atoms with Crippen LogP contribution >= 0.6 is 11.6 Å². The van der Waals surface area contributed by atoms with Crippen molar-refractivity contribution in [1.29, 1.82) is 5.26 Å². The number of likely N-dealkylation sites (tertiary alicyclic amines) is 1. The van der Waals surface area contributed by atoms with Crippen molar-refractivity contribution < 1.29 is 9.90 Å². The van der Waals surface area contributed by atoms with E-state index in [1.54, 1.807) is 11.0 Å². The first-order chi connectivity index (χ1) is 11.0. The largest absolute Gasteiger partial charge is 0.393 e. The second-order valence-corrected chi connectivity index (χ2v) is 6.30. The minimum absolute atomic E-state index is 0.0293. The number of aliphatic hydroxyl groups is 1. The highest BCUT2D eigenvalue weighted by Crippen LogP contribution is 2.23. The fourth-order valence-electron chi connectivity index (χ4n) is 2.71. The summed E-state index contributed by atoms with van der Waals surface area (Å²) in [5, 5.41) is 19.1. The van der Waals surface area contributed by atoms with Gasteiger partial charge in [0.15, 0.2) is 0 Å². The number of benzene rings is 1. The Hall–Kier alpha value is -1.61. The number of hydrogen-bond acceptors (Lipinski definition) is 4. The molecular formula is C17H22ClN3O2. The number of hydrogen-bond donors (Lipinski definition) is 1. The Kier molecular flexibility index (Phi) is 6.40. The van der Waals surface area contributed by atoms with Gasteiger partial charge in [0.2, 0.25) is 5.91 Å². The summed E-state index contributed by atoms with van der Waals surface area (Å²) in [7, 11) is 0. The normalized spacial score (nSPS) is 16.1. The Labute approximate surface area is 142 Å². The van der Waals surface area contributed by atoms with Crippen molar-refractivity contribution in [1.82, 2.24) is 4.90 Å². The number of piperidine rings is 1. The van der Waals surface area contributed by atoms with Crippen molar-refractivity contribution >= 4 is 23.2 Å². The van der Waals surface area contributed by atoms with Crippen LogP contribution in [0.2, 0.25) is 5.02 Å². The molecular weight excluding hydrogens is 314 g/mol. The van der Waals surface area contributed by atoms with Crippen LogP contribution in [0, 0.1) is 18.3 Å². The van der Waals surface area contributed by atoms with Gasteiger partial charge in [-0.3, -0.25) is 9.69 Å². The minimum atomic E-state index is -0.255. The van der Waals surface area contributed by atoms with Crippen LogP contribution in [0.15, 0.2) is 18.2 Å². The number of anilines is 1. The maximum atomic E-state index is 12.7. The molecule has 0 saturated carbocycles. The van der Waals surface area contributed by atoms with Gasteiger partial charge in [-0.1, -0.05) is 11.6 Å². The fraction of sp³-hybridized carbons (Fsp3) is 0.529. The molecule has 1 aromatic carbocycles. The highest BCUT2D eigenvalue weighted by atomic mass is 35.5. The zero-order valence-electron chi connectivity index (χ0n) is 13.3. The highest BCUT2D eigenvalue weighted by molar-refractivity contribution is 6.31. The average molecular weight is 336 g/mol. The van der Waals surface area contributed by atoms with E-state index in [-0.39, 0.29) is 18.4 Å². The molecule has 6 heteroatoms. The molecule has 0 radical (unpaired) electrons. The SMILES string of the molecule is Cc1cc(N(CCC#N)C(=O)CN2CCC(O)CC2)ccc1Cl. The Morgan fingerprint density at radius 3 is 2.78 bits per heavy atom. The third kappa shape index (κ3) is 4.93. The summed E-state index contributed by atoms with van der Waals surface area (Å²) in [5.74, 6) is -0.0293. The van der Waals surface area contributed by atoms with Crippen LogP contribution in [0.3, 0.4) is 0 Å². The predicted molar refractivity (Wildman–Crippen MR) is 90.5 cm³/mol. The van der Waals surface area contributed by atoms with E-state index in [0.29, 0.717) is 31.0 Å². The van der Waals surface area contributed by atoms with Gasteiger partial charge in [-0.25, -0.2) is 0 Å². The molecule has 1 amide bonds. The Bertz CT molecular complexity index is 592. The van der Waals surface area contributed by atoms with E-state index in [2.05, 4.69) is 11.0 Å². The molecule has 0 unspecified atom stereocenters. The zero-order chi connectivity index (χ0) is 16.8. The number of amides is 1. The van der Waals surface area contributed by atoms with Crippen LogP contribution in [-0.4, -0.2) is 48.2 Å². The molecule has 1 heterocycles. The van der Waals surface area contributed by atoms with Gasteiger partial charge in [0, 0.05) is 30.3 Å². The fourth-order valence-corrected chi connectivity index (χ4v) is 2.83. The Morgan fingerprint density at radius 2 is 2.17 bits per heavy atom. The first kappa shape index (κ1) is 17.7. The molecule has 1 N–H and O–H groups in total. The van der Waals surface area contributed by atoms with E-state index < -0.39 is 0 Å². The maximum absolute atomic E-state index is 12.7. The minimum Gasteiger partial charge on any atom is -0.393 e. The van der Waals surface area contributed by atoms with Crippen molar-refractivity contribution in [2.75, 3.05) is 31.1 Å². The smallest absolute Gasteiger partial charge is 0.241 e. The third-order valence-electron chi connectivity index (χ3n) is 4.12. The van der Waals surface area contributed by atoms with E-state index in [0.717, 1.165) is 24.3 Å². The summed E-state index contributed by atoms with van der Waals surface area (Å²) in [4.78, 5) is 16.4. The van der Waals surface area contributed by atoms with E-state index >= 15 is 0 Å². The van der Waals surface area contributed by atoms with Crippen LogP contribution < -0.4 is 4.90 Å². The molecule has 2 rings (SSSR count). The summed E-state index contributed by atoms with van der Waals surface area (Å²) >= 11 is 6.05. The molecule has 23 heavy (non-hydrogen) atoms. The molecule has 1 fully saturated rings. The number of carbonyl (C=O) groups excluding carboxylic acids is 1. The molecule has 1 aliphatic rings. The lowest BCUT2D eigenvalue weighted by molar-refractivity contribution is -0.120. The second-order valence-electron chi connectivity index (χ2n) is 5.89. The van der Waals surface area contributed by atoms with Gasteiger partial charge < -0.3 is 10.0 Å². The first-order valence-electron chi connectivity index (χ1n) is 7.85. The molecule has 1 aliphatic heterocycles. The number of nitriles is 1. The van der Waals surface area contributed by atoms with Gasteiger partial charge >= 0.3 is 0 Å². The van der Waals surface area contributed by atoms with Crippen LogP contribution in [0.4, 0.5) is 5.69 Å². The molecule has 0 bridgehead atoms. The summed E-state index contributed by atoms with van der Waals surface area (Å²) in [6.45, 7) is 4.01. The van der Waals surface area contributed by atoms with E-state index in [4.69, 9.17) is 16.9 Å². The topological polar surface area (TPSA) is 67.6 Å². The van der Waals surface area contributed by atoms with Crippen molar-refractivity contribution in [3.63, 3.8) is 0 Å². The summed E-state index contributed by atoms with van der Waals surface area (Å²) in [5.41, 5.74) is 1.67. The van der Waals surface area contributed by atoms with Gasteiger partial charge in [-0.05, 0) is 43.5 Å². The number of nitrogens with zero attached hydrogens (tertiary/aromatic N) is 3. The number of aliphatic hydroxyl groups excluding tert-OH is 1. The van der Waals surface area contributed by atoms with E-state index in [9.17, 15) is 9.90 Å². The van der Waals surface area contributed by atoms with Crippen molar-refractivity contribution in [2.45, 2.75) is 32.3 Å². The molecule has 1 saturated heterocycles. The monoisotopic (exact) mass is 335 g/mol. The maximum Gasteiger partial charge on any atom is 0.241 e. The van der Waals surface area contributed by atoms with Crippen LogP contribution in [0.5, 0.6) is 0 Å². The molecule has 1 aromatic rings. The lowest BCUT2D eigenvalue weighted by atomic mass is 10.1. The molecule has 5 nitrogen and oxygen atoms in total. The quantitative estimate of drug-likeness (QED) is 0.897. The number of carbonyl (C=O) groups is 1. The average Bonchev–Trinajstić information content (AvgIpc) is 2.53. The molecule has 0 atom stereocenters. The number of halogens is 1. The van der Waals surface area contributed by atoms with Gasteiger partial charge in [0.05, 0.1) is 25.1 Å². The first-order valence-corrected chi connectivity index (χ1v) is 8.23. The molecule has 124 valence electrons. The Morgan fingerprint density at radius 1 is 1.48 bits per heavy atom. The van der Waals surface area contributed by atoms with Crippen LogP contribution in [0.25, 0.3) is 0 Å². The molecule has 0 spiro atoms. The highest BCUT2D eigenvalue weighted by Gasteiger charge is 2.22. The lowest BCUT2D eigenvalue weighted by Crippen LogP contribution is -2.44. The predicted octanol–water partition coefficient (Wildman–Crippen LogP) is 2.35. The Balaban J connectivity index is 2.09. The van der Waals surface area contributed by atoms with Crippen molar-refractivity contribution in [2.24, 2.45) is 0 Å². The lowest BCUT2D eigenvalue weighted by Gasteiger charge is -2.31. The summed E-state index contributed by atoms with van der Waals surface area (Å²) in [6, 6.07) is 7.55. The number of aryl methyl sites for hydroxylation is 1. The molecule has 0 aromatic heterocycles. The van der Waals surface area contributed by atoms with Gasteiger partial charge in [0.1, 0.15) is 0 Å². The second kappa shape index (κ2) is 8.30. The standard InChI is InChI=1S/C17H22ClN3O2/c1-13-11-14(3-4-16(13)18)21(8-2-7-19)17(23)12-20-9-5-15(22)6-10-20/h3-4,11,15,22H,2,5-6,8-10,12H2,1H3. The zero-order valence-corrected chi connectivity index (χ0v) is 14.1. The van der Waals surface area contributed by atoms with Crippen molar-refractivity contribution in [3.8, 4) is 6.07 Å². The van der Waals surface area contributed by atoms with E-state index in [1.165, 1.54) is 0 Å². The van der Waals surface area contributed by atoms with Gasteiger partial charge in [0.25, 0.3) is 0 Å². The van der Waals surface area contributed by atoms with Gasteiger partial charge in [-0.15, -0.1) is 0 Å². The van der Waals surface area contributed by atoms with Crippen molar-refractivity contribution in [3.05, 3.63) is 28.8 Å².